The van der Waals surface area contributed by atoms with Crippen molar-refractivity contribution in [3.63, 3.8) is 0 Å². The fourth-order valence-corrected chi connectivity index (χ4v) is 1.86. The molecule has 6 nitrogen and oxygen atoms in total. The van der Waals surface area contributed by atoms with Crippen LogP contribution >= 0.6 is 0 Å². The molecule has 6 heteroatoms. The average molecular weight is 233 g/mol. The lowest BCUT2D eigenvalue weighted by molar-refractivity contribution is 0.0447. The van der Waals surface area contributed by atoms with E-state index >= 15 is 0 Å². The van der Waals surface area contributed by atoms with Crippen LogP contribution in [0.15, 0.2) is 0 Å². The Morgan fingerprint density at radius 1 is 1.50 bits per heavy atom. The van der Waals surface area contributed by atoms with Crippen LogP contribution in [0, 0.1) is 0 Å². The lowest BCUT2D eigenvalue weighted by Crippen LogP contribution is -2.36. The quantitative estimate of drug-likeness (QED) is 0.638. The molecule has 0 aromatic rings. The molecule has 2 unspecified atom stereocenters. The Labute approximate surface area is 94.8 Å². The minimum absolute atomic E-state index is 0.106. The van der Waals surface area contributed by atoms with E-state index in [0.29, 0.717) is 26.2 Å². The monoisotopic (exact) mass is 233 g/mol. The number of aliphatic hydroxyl groups is 1. The topological polar surface area (TPSA) is 79.2 Å². The molecule has 0 spiro atoms. The van der Waals surface area contributed by atoms with Crippen LogP contribution in [0.3, 0.4) is 0 Å². The van der Waals surface area contributed by atoms with Gasteiger partial charge in [-0.05, 0) is 12.8 Å². The van der Waals surface area contributed by atoms with Gasteiger partial charge in [0.2, 0.25) is 0 Å². The van der Waals surface area contributed by atoms with Crippen molar-refractivity contribution in [3.05, 3.63) is 0 Å². The first-order chi connectivity index (χ1) is 7.69. The number of rotatable bonds is 6. The molecule has 0 aliphatic carbocycles. The second kappa shape index (κ2) is 6.67. The highest BCUT2D eigenvalue weighted by Crippen LogP contribution is 2.20. The van der Waals surface area contributed by atoms with Gasteiger partial charge < -0.3 is 24.6 Å². The molecule has 2 atom stereocenters. The van der Waals surface area contributed by atoms with Crippen molar-refractivity contribution >= 4 is 6.09 Å². The molecule has 0 radical (unpaired) electrons. The first kappa shape index (κ1) is 13.2. The van der Waals surface area contributed by atoms with Crippen molar-refractivity contribution in [2.24, 2.45) is 0 Å². The molecule has 1 heterocycles. The molecule has 0 saturated carbocycles. The summed E-state index contributed by atoms with van der Waals surface area (Å²) >= 11 is 0. The maximum Gasteiger partial charge on any atom is 0.407 e. The summed E-state index contributed by atoms with van der Waals surface area (Å²) in [5.74, 6) is 0. The molecule has 1 aliphatic heterocycles. The zero-order valence-electron chi connectivity index (χ0n) is 9.46. The number of carbonyl (C=O) groups is 1. The van der Waals surface area contributed by atoms with Gasteiger partial charge >= 0.3 is 6.09 Å². The van der Waals surface area contributed by atoms with E-state index in [2.05, 4.69) is 0 Å². The summed E-state index contributed by atoms with van der Waals surface area (Å²) < 4.78 is 10.4. The minimum Gasteiger partial charge on any atom is -0.465 e. The van der Waals surface area contributed by atoms with Crippen LogP contribution in [-0.4, -0.2) is 66.8 Å². The molecule has 1 saturated heterocycles. The number of aliphatic hydroxyl groups excluding tert-OH is 1. The predicted molar refractivity (Wildman–Crippen MR) is 56.5 cm³/mol. The smallest absolute Gasteiger partial charge is 0.407 e. The van der Waals surface area contributed by atoms with Crippen molar-refractivity contribution in [3.8, 4) is 0 Å². The van der Waals surface area contributed by atoms with Gasteiger partial charge in [0.15, 0.2) is 0 Å². The maximum atomic E-state index is 10.8. The zero-order chi connectivity index (χ0) is 12.0. The van der Waals surface area contributed by atoms with Crippen molar-refractivity contribution in [1.82, 2.24) is 4.90 Å². The number of carboxylic acid groups (broad SMARTS) is 1. The molecule has 1 amide bonds. The second-order valence-electron chi connectivity index (χ2n) is 3.85. The van der Waals surface area contributed by atoms with E-state index in [9.17, 15) is 4.79 Å². The maximum absolute atomic E-state index is 10.8. The average Bonchev–Trinajstić information content (AvgIpc) is 2.68. The molecular formula is C10H19NO5. The molecule has 0 aromatic carbocycles. The zero-order valence-corrected chi connectivity index (χ0v) is 9.46. The number of hydrogen-bond donors (Lipinski definition) is 2. The summed E-state index contributed by atoms with van der Waals surface area (Å²) in [6, 6.07) is -0.329. The van der Waals surface area contributed by atoms with Crippen LogP contribution in [-0.2, 0) is 9.47 Å². The number of amides is 1. The number of hydrogen-bond acceptors (Lipinski definition) is 4. The van der Waals surface area contributed by atoms with E-state index < -0.39 is 6.09 Å². The molecule has 16 heavy (non-hydrogen) atoms. The van der Waals surface area contributed by atoms with Gasteiger partial charge in [-0.25, -0.2) is 4.79 Å². The van der Waals surface area contributed by atoms with Crippen LogP contribution in [0.25, 0.3) is 0 Å². The molecule has 0 aromatic heterocycles. The fourth-order valence-electron chi connectivity index (χ4n) is 1.86. The molecule has 0 bridgehead atoms. The highest BCUT2D eigenvalue weighted by Gasteiger charge is 2.35. The van der Waals surface area contributed by atoms with Crippen molar-refractivity contribution < 1.29 is 24.5 Å². The third kappa shape index (κ3) is 3.62. The minimum atomic E-state index is -0.998. The fraction of sp³-hybridized carbons (Fsp3) is 0.900. The van der Waals surface area contributed by atoms with Crippen molar-refractivity contribution in [2.45, 2.75) is 25.0 Å². The van der Waals surface area contributed by atoms with E-state index in [0.717, 1.165) is 6.42 Å². The van der Waals surface area contributed by atoms with E-state index in [4.69, 9.17) is 19.7 Å². The SMILES string of the molecule is COCCCOC1CC(CO)N(C(=O)O)C1. The first-order valence-electron chi connectivity index (χ1n) is 5.40. The van der Waals surface area contributed by atoms with Gasteiger partial charge in [0, 0.05) is 20.3 Å². The van der Waals surface area contributed by atoms with Crippen LogP contribution in [0.4, 0.5) is 4.79 Å². The summed E-state index contributed by atoms with van der Waals surface area (Å²) in [4.78, 5) is 12.1. The predicted octanol–water partition coefficient (Wildman–Crippen LogP) is 0.153. The van der Waals surface area contributed by atoms with Gasteiger partial charge in [-0.1, -0.05) is 0 Å². The van der Waals surface area contributed by atoms with E-state index in [-0.39, 0.29) is 18.8 Å². The van der Waals surface area contributed by atoms with Gasteiger partial charge in [-0.3, -0.25) is 0 Å². The van der Waals surface area contributed by atoms with Gasteiger partial charge in [0.25, 0.3) is 0 Å². The van der Waals surface area contributed by atoms with Crippen LogP contribution in [0.5, 0.6) is 0 Å². The lowest BCUT2D eigenvalue weighted by Gasteiger charge is -2.18. The van der Waals surface area contributed by atoms with Crippen LogP contribution in [0.2, 0.25) is 0 Å². The summed E-state index contributed by atoms with van der Waals surface area (Å²) in [6.45, 7) is 1.39. The van der Waals surface area contributed by atoms with E-state index in [1.54, 1.807) is 7.11 Å². The Hall–Kier alpha value is -0.850. The highest BCUT2D eigenvalue weighted by molar-refractivity contribution is 5.66. The third-order valence-electron chi connectivity index (χ3n) is 2.68. The number of nitrogens with zero attached hydrogens (tertiary/aromatic N) is 1. The molecule has 1 fully saturated rings. The molecule has 94 valence electrons. The van der Waals surface area contributed by atoms with Gasteiger partial charge in [-0.15, -0.1) is 0 Å². The molecule has 1 rings (SSSR count). The summed E-state index contributed by atoms with van der Waals surface area (Å²) in [7, 11) is 1.63. The van der Waals surface area contributed by atoms with Gasteiger partial charge in [0.05, 0.1) is 25.3 Å². The molecule has 1 aliphatic rings. The van der Waals surface area contributed by atoms with Crippen LogP contribution < -0.4 is 0 Å². The summed E-state index contributed by atoms with van der Waals surface area (Å²) in [5, 5.41) is 17.9. The Bertz CT molecular complexity index is 223. The molecular weight excluding hydrogens is 214 g/mol. The normalized spacial score (nSPS) is 25.0. The van der Waals surface area contributed by atoms with Crippen molar-refractivity contribution in [2.75, 3.05) is 33.5 Å². The standard InChI is InChI=1S/C10H19NO5/c1-15-3-2-4-16-9-5-8(7-12)11(6-9)10(13)14/h8-9,12H,2-7H2,1H3,(H,13,14). The third-order valence-corrected chi connectivity index (χ3v) is 2.68. The summed E-state index contributed by atoms with van der Waals surface area (Å²) in [5.41, 5.74) is 0. The van der Waals surface area contributed by atoms with E-state index in [1.165, 1.54) is 4.90 Å². The number of ether oxygens (including phenoxy) is 2. The van der Waals surface area contributed by atoms with E-state index in [1.807, 2.05) is 0 Å². The summed E-state index contributed by atoms with van der Waals surface area (Å²) in [6.07, 6.45) is 0.256. The highest BCUT2D eigenvalue weighted by atomic mass is 16.5. The number of methoxy groups -OCH3 is 1. The second-order valence-corrected chi connectivity index (χ2v) is 3.85. The Kier molecular flexibility index (Phi) is 5.51. The van der Waals surface area contributed by atoms with Gasteiger partial charge in [0.1, 0.15) is 0 Å². The molecule has 2 N–H and O–H groups in total. The van der Waals surface area contributed by atoms with Gasteiger partial charge in [-0.2, -0.15) is 0 Å². The van der Waals surface area contributed by atoms with Crippen LogP contribution in [0.1, 0.15) is 12.8 Å². The Morgan fingerprint density at radius 3 is 2.75 bits per heavy atom. The lowest BCUT2D eigenvalue weighted by atomic mass is 10.2. The first-order valence-corrected chi connectivity index (χ1v) is 5.40. The largest absolute Gasteiger partial charge is 0.465 e. The van der Waals surface area contributed by atoms with Crippen molar-refractivity contribution in [1.29, 1.82) is 0 Å². The Morgan fingerprint density at radius 2 is 2.25 bits per heavy atom. The Balaban J connectivity index is 2.28. The number of likely N-dealkylation sites (tertiary alicyclic amines) is 1.